The Hall–Kier alpha value is -1.81. The van der Waals surface area contributed by atoms with Crippen molar-refractivity contribution in [1.82, 2.24) is 4.98 Å². The Morgan fingerprint density at radius 1 is 1.56 bits per heavy atom. The van der Waals surface area contributed by atoms with E-state index < -0.39 is 12.0 Å². The maximum atomic E-state index is 10.6. The standard InChI is InChI=1S/C12H14N2O2/c1-7-4-9(10(13)6-11(15)16)5-8-2-3-14-12(7)8/h2-5,10,14H,6,13H2,1H3,(H,15,16). The third-order valence-corrected chi connectivity index (χ3v) is 2.70. The number of carbonyl (C=O) groups is 1. The molecule has 1 aromatic carbocycles. The number of carboxylic acids is 1. The van der Waals surface area contributed by atoms with Crippen molar-refractivity contribution in [3.63, 3.8) is 0 Å². The van der Waals surface area contributed by atoms with E-state index in [1.165, 1.54) is 0 Å². The molecule has 84 valence electrons. The third-order valence-electron chi connectivity index (χ3n) is 2.70. The number of benzene rings is 1. The van der Waals surface area contributed by atoms with Crippen LogP contribution in [0, 0.1) is 6.92 Å². The van der Waals surface area contributed by atoms with E-state index in [0.29, 0.717) is 0 Å². The molecule has 16 heavy (non-hydrogen) atoms. The zero-order valence-corrected chi connectivity index (χ0v) is 9.03. The van der Waals surface area contributed by atoms with Gasteiger partial charge >= 0.3 is 5.97 Å². The van der Waals surface area contributed by atoms with Gasteiger partial charge in [0.05, 0.1) is 6.42 Å². The number of hydrogen-bond donors (Lipinski definition) is 3. The van der Waals surface area contributed by atoms with Gasteiger partial charge in [0.2, 0.25) is 0 Å². The Balaban J connectivity index is 2.41. The van der Waals surface area contributed by atoms with Gasteiger partial charge in [-0.05, 0) is 35.6 Å². The first-order chi connectivity index (χ1) is 7.58. The Labute approximate surface area is 93.1 Å². The smallest absolute Gasteiger partial charge is 0.305 e. The van der Waals surface area contributed by atoms with E-state index in [1.54, 1.807) is 0 Å². The molecule has 0 bridgehead atoms. The molecule has 4 nitrogen and oxygen atoms in total. The van der Waals surface area contributed by atoms with Crippen LogP contribution in [0.5, 0.6) is 0 Å². The van der Waals surface area contributed by atoms with Gasteiger partial charge < -0.3 is 15.8 Å². The van der Waals surface area contributed by atoms with E-state index in [1.807, 2.05) is 31.3 Å². The minimum atomic E-state index is -0.876. The second-order valence-corrected chi connectivity index (χ2v) is 3.98. The summed E-state index contributed by atoms with van der Waals surface area (Å²) in [5.41, 5.74) is 8.86. The lowest BCUT2D eigenvalue weighted by Gasteiger charge is -2.10. The summed E-state index contributed by atoms with van der Waals surface area (Å²) in [6.07, 6.45) is 1.82. The molecule has 2 rings (SSSR count). The third kappa shape index (κ3) is 1.92. The summed E-state index contributed by atoms with van der Waals surface area (Å²) < 4.78 is 0. The Kier molecular flexibility index (Phi) is 2.66. The summed E-state index contributed by atoms with van der Waals surface area (Å²) in [5.74, 6) is -0.876. The fourth-order valence-electron chi connectivity index (χ4n) is 1.91. The molecule has 2 aromatic rings. The maximum Gasteiger partial charge on any atom is 0.305 e. The van der Waals surface area contributed by atoms with Crippen molar-refractivity contribution in [3.8, 4) is 0 Å². The molecule has 0 spiro atoms. The number of nitrogens with one attached hydrogen (secondary N) is 1. The molecule has 1 unspecified atom stereocenters. The summed E-state index contributed by atoms with van der Waals surface area (Å²) >= 11 is 0. The van der Waals surface area contributed by atoms with Crippen molar-refractivity contribution >= 4 is 16.9 Å². The molecule has 0 aliphatic heterocycles. The van der Waals surface area contributed by atoms with Crippen LogP contribution in [0.3, 0.4) is 0 Å². The predicted molar refractivity (Wildman–Crippen MR) is 62.2 cm³/mol. The van der Waals surface area contributed by atoms with Crippen molar-refractivity contribution in [2.24, 2.45) is 5.73 Å². The van der Waals surface area contributed by atoms with Crippen LogP contribution in [0.4, 0.5) is 0 Å². The molecule has 0 aliphatic carbocycles. The Bertz CT molecular complexity index is 531. The second kappa shape index (κ2) is 3.98. The molecule has 0 fully saturated rings. The highest BCUT2D eigenvalue weighted by molar-refractivity contribution is 5.83. The number of H-pyrrole nitrogens is 1. The van der Waals surface area contributed by atoms with Gasteiger partial charge in [-0.1, -0.05) is 6.07 Å². The zero-order chi connectivity index (χ0) is 11.7. The molecule has 0 aliphatic rings. The lowest BCUT2D eigenvalue weighted by molar-refractivity contribution is -0.137. The normalized spacial score (nSPS) is 12.9. The molecule has 1 heterocycles. The van der Waals surface area contributed by atoms with Crippen LogP contribution in [0.2, 0.25) is 0 Å². The minimum absolute atomic E-state index is 0.0463. The highest BCUT2D eigenvalue weighted by Gasteiger charge is 2.12. The maximum absolute atomic E-state index is 10.6. The molecule has 1 aromatic heterocycles. The number of aromatic nitrogens is 1. The summed E-state index contributed by atoms with van der Waals surface area (Å²) in [5, 5.41) is 9.77. The second-order valence-electron chi connectivity index (χ2n) is 3.98. The van der Waals surface area contributed by atoms with Crippen molar-refractivity contribution < 1.29 is 9.90 Å². The topological polar surface area (TPSA) is 79.1 Å². The largest absolute Gasteiger partial charge is 0.481 e. The van der Waals surface area contributed by atoms with Crippen molar-refractivity contribution in [2.75, 3.05) is 0 Å². The number of aryl methyl sites for hydroxylation is 1. The highest BCUT2D eigenvalue weighted by atomic mass is 16.4. The number of aliphatic carboxylic acids is 1. The molecule has 0 radical (unpaired) electrons. The van der Waals surface area contributed by atoms with Gasteiger partial charge in [0.1, 0.15) is 0 Å². The predicted octanol–water partition coefficient (Wildman–Crippen LogP) is 1.95. The number of fused-ring (bicyclic) bond motifs is 1. The van der Waals surface area contributed by atoms with Gasteiger partial charge in [0, 0.05) is 17.8 Å². The molecule has 4 heteroatoms. The van der Waals surface area contributed by atoms with Crippen molar-refractivity contribution in [2.45, 2.75) is 19.4 Å². The van der Waals surface area contributed by atoms with Crippen LogP contribution in [-0.4, -0.2) is 16.1 Å². The first-order valence-electron chi connectivity index (χ1n) is 5.13. The van der Waals surface area contributed by atoms with Crippen LogP contribution in [0.15, 0.2) is 24.4 Å². The number of nitrogens with two attached hydrogens (primary N) is 1. The number of hydrogen-bond acceptors (Lipinski definition) is 2. The first-order valence-corrected chi connectivity index (χ1v) is 5.13. The van der Waals surface area contributed by atoms with Crippen molar-refractivity contribution in [3.05, 3.63) is 35.5 Å². The van der Waals surface area contributed by atoms with Gasteiger partial charge in [0.15, 0.2) is 0 Å². The highest BCUT2D eigenvalue weighted by Crippen LogP contribution is 2.23. The molecular weight excluding hydrogens is 204 g/mol. The van der Waals surface area contributed by atoms with Gasteiger partial charge in [-0.15, -0.1) is 0 Å². The first kappa shape index (κ1) is 10.7. The van der Waals surface area contributed by atoms with Crippen LogP contribution < -0.4 is 5.73 Å². The Morgan fingerprint density at radius 2 is 2.31 bits per heavy atom. The summed E-state index contributed by atoms with van der Waals surface area (Å²) in [6.45, 7) is 1.98. The Morgan fingerprint density at radius 3 is 3.00 bits per heavy atom. The summed E-state index contributed by atoms with van der Waals surface area (Å²) in [7, 11) is 0. The molecule has 0 saturated carbocycles. The quantitative estimate of drug-likeness (QED) is 0.736. The number of rotatable bonds is 3. The van der Waals surface area contributed by atoms with E-state index in [-0.39, 0.29) is 6.42 Å². The van der Waals surface area contributed by atoms with E-state index in [2.05, 4.69) is 4.98 Å². The van der Waals surface area contributed by atoms with E-state index in [9.17, 15) is 4.79 Å². The monoisotopic (exact) mass is 218 g/mol. The van der Waals surface area contributed by atoms with Gasteiger partial charge in [-0.3, -0.25) is 4.79 Å². The molecule has 0 amide bonds. The fourth-order valence-corrected chi connectivity index (χ4v) is 1.91. The molecule has 1 atom stereocenters. The number of aromatic amines is 1. The lowest BCUT2D eigenvalue weighted by Crippen LogP contribution is -2.15. The molecule has 4 N–H and O–H groups in total. The van der Waals surface area contributed by atoms with Gasteiger partial charge in [0.25, 0.3) is 0 Å². The van der Waals surface area contributed by atoms with Crippen LogP contribution in [-0.2, 0) is 4.79 Å². The average molecular weight is 218 g/mol. The summed E-state index contributed by atoms with van der Waals surface area (Å²) in [4.78, 5) is 13.7. The van der Waals surface area contributed by atoms with Crippen LogP contribution in [0.1, 0.15) is 23.6 Å². The summed E-state index contributed by atoms with van der Waals surface area (Å²) in [6, 6.07) is 5.38. The minimum Gasteiger partial charge on any atom is -0.481 e. The van der Waals surface area contributed by atoms with E-state index >= 15 is 0 Å². The van der Waals surface area contributed by atoms with E-state index in [0.717, 1.165) is 22.0 Å². The SMILES string of the molecule is Cc1cc(C(N)CC(=O)O)cc2cc[nH]c12. The lowest BCUT2D eigenvalue weighted by atomic mass is 10.0. The van der Waals surface area contributed by atoms with Gasteiger partial charge in [-0.2, -0.15) is 0 Å². The van der Waals surface area contributed by atoms with Crippen molar-refractivity contribution in [1.29, 1.82) is 0 Å². The molecule has 0 saturated heterocycles. The van der Waals surface area contributed by atoms with E-state index in [4.69, 9.17) is 10.8 Å². The molecular formula is C12H14N2O2. The average Bonchev–Trinajstić information content (AvgIpc) is 2.64. The fraction of sp³-hybridized carbons (Fsp3) is 0.250. The van der Waals surface area contributed by atoms with Gasteiger partial charge in [-0.25, -0.2) is 0 Å². The number of carboxylic acid groups (broad SMARTS) is 1. The zero-order valence-electron chi connectivity index (χ0n) is 9.03. The van der Waals surface area contributed by atoms with Crippen LogP contribution >= 0.6 is 0 Å². The van der Waals surface area contributed by atoms with Crippen LogP contribution in [0.25, 0.3) is 10.9 Å².